The molecule has 0 bridgehead atoms. The molecule has 2 aromatic rings. The molecule has 0 amide bonds. The summed E-state index contributed by atoms with van der Waals surface area (Å²) in [4.78, 5) is 4.75. The summed E-state index contributed by atoms with van der Waals surface area (Å²) in [5, 5.41) is 10.8. The molecule has 1 saturated heterocycles. The number of para-hydroxylation sites is 1. The van der Waals surface area contributed by atoms with E-state index < -0.39 is 11.4 Å². The first kappa shape index (κ1) is 25.5. The van der Waals surface area contributed by atoms with Crippen molar-refractivity contribution in [3.05, 3.63) is 59.9 Å². The first-order valence-corrected chi connectivity index (χ1v) is 12.1. The van der Waals surface area contributed by atoms with Gasteiger partial charge in [-0.25, -0.2) is 4.39 Å². The molecule has 0 atom stereocenters. The predicted molar refractivity (Wildman–Crippen MR) is 130 cm³/mol. The van der Waals surface area contributed by atoms with Gasteiger partial charge in [-0.1, -0.05) is 24.3 Å². The molecule has 1 N–H and O–H groups in total. The molecule has 33 heavy (non-hydrogen) atoms. The van der Waals surface area contributed by atoms with Crippen LogP contribution < -0.4 is 9.47 Å². The summed E-state index contributed by atoms with van der Waals surface area (Å²) in [6.07, 6.45) is 1.20. The van der Waals surface area contributed by atoms with Crippen LogP contribution in [-0.4, -0.2) is 65.4 Å². The fourth-order valence-electron chi connectivity index (χ4n) is 4.38. The average Bonchev–Trinajstić information content (AvgIpc) is 2.78. The van der Waals surface area contributed by atoms with Crippen molar-refractivity contribution in [2.24, 2.45) is 0 Å². The lowest BCUT2D eigenvalue weighted by atomic mass is 9.92. The lowest BCUT2D eigenvalue weighted by Gasteiger charge is -2.38. The van der Waals surface area contributed by atoms with Gasteiger partial charge >= 0.3 is 0 Å². The number of hydrogen-bond donors (Lipinski definition) is 1. The second kappa shape index (κ2) is 11.8. The van der Waals surface area contributed by atoms with Gasteiger partial charge in [-0.15, -0.1) is 0 Å². The zero-order chi connectivity index (χ0) is 23.8. The Bertz CT molecular complexity index is 841. The van der Waals surface area contributed by atoms with Crippen LogP contribution in [0.5, 0.6) is 11.5 Å². The lowest BCUT2D eigenvalue weighted by Crippen LogP contribution is -2.47. The van der Waals surface area contributed by atoms with Gasteiger partial charge in [0.15, 0.2) is 11.6 Å². The highest BCUT2D eigenvalue weighted by molar-refractivity contribution is 5.27. The van der Waals surface area contributed by atoms with E-state index in [2.05, 4.69) is 49.6 Å². The fraction of sp³-hybridized carbons (Fsp3) is 0.556. The second-order valence-corrected chi connectivity index (χ2v) is 9.64. The Morgan fingerprint density at radius 1 is 0.970 bits per heavy atom. The van der Waals surface area contributed by atoms with Crippen molar-refractivity contribution in [3.8, 4) is 11.5 Å². The van der Waals surface area contributed by atoms with E-state index in [9.17, 15) is 9.50 Å². The maximum atomic E-state index is 13.7. The SMILES string of the molecule is CC(C)N(CCOc1ccc(CN2CCC(O)(COc3ccccc3F)CC2)cc1)C(C)C. The van der Waals surface area contributed by atoms with Crippen LogP contribution in [0.25, 0.3) is 0 Å². The number of ether oxygens (including phenoxy) is 2. The molecule has 6 heteroatoms. The highest BCUT2D eigenvalue weighted by atomic mass is 19.1. The Morgan fingerprint density at radius 2 is 1.61 bits per heavy atom. The molecule has 0 unspecified atom stereocenters. The van der Waals surface area contributed by atoms with E-state index in [0.717, 1.165) is 31.9 Å². The van der Waals surface area contributed by atoms with Crippen LogP contribution in [0.4, 0.5) is 4.39 Å². The molecule has 0 aliphatic carbocycles. The normalized spacial score (nSPS) is 16.5. The molecule has 3 rings (SSSR count). The van der Waals surface area contributed by atoms with E-state index in [0.29, 0.717) is 31.5 Å². The van der Waals surface area contributed by atoms with Crippen LogP contribution in [-0.2, 0) is 6.54 Å². The molecule has 0 aromatic heterocycles. The first-order valence-electron chi connectivity index (χ1n) is 12.1. The summed E-state index contributed by atoms with van der Waals surface area (Å²) in [5.74, 6) is 0.685. The second-order valence-electron chi connectivity index (χ2n) is 9.64. The van der Waals surface area contributed by atoms with Gasteiger partial charge in [0.1, 0.15) is 24.6 Å². The molecule has 1 heterocycles. The summed E-state index contributed by atoms with van der Waals surface area (Å²) < 4.78 is 25.3. The quantitative estimate of drug-likeness (QED) is 0.528. The highest BCUT2D eigenvalue weighted by Gasteiger charge is 2.33. The van der Waals surface area contributed by atoms with E-state index in [1.165, 1.54) is 11.6 Å². The zero-order valence-electron chi connectivity index (χ0n) is 20.5. The molecule has 0 spiro atoms. The van der Waals surface area contributed by atoms with E-state index in [1.807, 2.05) is 12.1 Å². The third-order valence-corrected chi connectivity index (χ3v) is 6.39. The molecule has 1 aliphatic heterocycles. The molecule has 182 valence electrons. The van der Waals surface area contributed by atoms with Gasteiger partial charge in [-0.2, -0.15) is 0 Å². The van der Waals surface area contributed by atoms with Crippen molar-refractivity contribution < 1.29 is 19.0 Å². The Morgan fingerprint density at radius 3 is 2.21 bits per heavy atom. The third-order valence-electron chi connectivity index (χ3n) is 6.39. The summed E-state index contributed by atoms with van der Waals surface area (Å²) >= 11 is 0. The first-order chi connectivity index (χ1) is 15.8. The molecule has 1 aliphatic rings. The minimum Gasteiger partial charge on any atom is -0.492 e. The maximum absolute atomic E-state index is 13.7. The Labute approximate surface area is 198 Å². The Balaban J connectivity index is 1.41. The van der Waals surface area contributed by atoms with Crippen LogP contribution in [0, 0.1) is 5.82 Å². The minimum atomic E-state index is -0.920. The lowest BCUT2D eigenvalue weighted by molar-refractivity contribution is -0.0543. The predicted octanol–water partition coefficient (Wildman–Crippen LogP) is 4.73. The standard InChI is InChI=1S/C27H39FN2O3/c1-21(2)30(22(3)4)17-18-32-24-11-9-23(10-12-24)19-29-15-13-27(31,14-16-29)20-33-26-8-6-5-7-25(26)28/h5-12,21-22,31H,13-20H2,1-4H3. The van der Waals surface area contributed by atoms with Crippen molar-refractivity contribution in [2.75, 3.05) is 32.8 Å². The van der Waals surface area contributed by atoms with Gasteiger partial charge in [0, 0.05) is 38.3 Å². The van der Waals surface area contributed by atoms with Gasteiger partial charge in [0.05, 0.1) is 0 Å². The van der Waals surface area contributed by atoms with E-state index in [1.54, 1.807) is 18.2 Å². The minimum absolute atomic E-state index is 0.110. The molecule has 5 nitrogen and oxygen atoms in total. The van der Waals surface area contributed by atoms with Crippen molar-refractivity contribution in [2.45, 2.75) is 64.8 Å². The number of halogens is 1. The number of aliphatic hydroxyl groups is 1. The Hall–Kier alpha value is -2.15. The molecular weight excluding hydrogens is 419 g/mol. The number of likely N-dealkylation sites (tertiary alicyclic amines) is 1. The van der Waals surface area contributed by atoms with Gasteiger partial charge in [-0.3, -0.25) is 9.80 Å². The number of benzene rings is 2. The topological polar surface area (TPSA) is 45.2 Å². The molecular formula is C27H39FN2O3. The van der Waals surface area contributed by atoms with Crippen molar-refractivity contribution in [3.63, 3.8) is 0 Å². The van der Waals surface area contributed by atoms with Gasteiger partial charge in [0.25, 0.3) is 0 Å². The molecule has 0 radical (unpaired) electrons. The fourth-order valence-corrected chi connectivity index (χ4v) is 4.38. The van der Waals surface area contributed by atoms with E-state index in [4.69, 9.17) is 9.47 Å². The van der Waals surface area contributed by atoms with Crippen LogP contribution >= 0.6 is 0 Å². The monoisotopic (exact) mass is 458 g/mol. The van der Waals surface area contributed by atoms with E-state index in [-0.39, 0.29) is 12.4 Å². The number of rotatable bonds is 11. The van der Waals surface area contributed by atoms with Crippen LogP contribution in [0.2, 0.25) is 0 Å². The van der Waals surface area contributed by atoms with Gasteiger partial charge in [-0.05, 0) is 70.4 Å². The Kier molecular flexibility index (Phi) is 9.12. The number of nitrogens with zero attached hydrogens (tertiary/aromatic N) is 2. The molecule has 2 aromatic carbocycles. The van der Waals surface area contributed by atoms with Crippen LogP contribution in [0.15, 0.2) is 48.5 Å². The molecule has 0 saturated carbocycles. The maximum Gasteiger partial charge on any atom is 0.165 e. The molecule has 1 fully saturated rings. The highest BCUT2D eigenvalue weighted by Crippen LogP contribution is 2.26. The summed E-state index contributed by atoms with van der Waals surface area (Å²) in [5.41, 5.74) is 0.303. The van der Waals surface area contributed by atoms with Gasteiger partial charge < -0.3 is 14.6 Å². The van der Waals surface area contributed by atoms with Crippen molar-refractivity contribution >= 4 is 0 Å². The largest absolute Gasteiger partial charge is 0.492 e. The smallest absolute Gasteiger partial charge is 0.165 e. The van der Waals surface area contributed by atoms with Crippen LogP contribution in [0.1, 0.15) is 46.1 Å². The van der Waals surface area contributed by atoms with E-state index >= 15 is 0 Å². The van der Waals surface area contributed by atoms with Crippen molar-refractivity contribution in [1.82, 2.24) is 9.80 Å². The van der Waals surface area contributed by atoms with Gasteiger partial charge in [0.2, 0.25) is 0 Å². The third kappa shape index (κ3) is 7.70. The average molecular weight is 459 g/mol. The van der Waals surface area contributed by atoms with Crippen molar-refractivity contribution in [1.29, 1.82) is 0 Å². The summed E-state index contributed by atoms with van der Waals surface area (Å²) in [6.45, 7) is 12.9. The van der Waals surface area contributed by atoms with Crippen LogP contribution in [0.3, 0.4) is 0 Å². The zero-order valence-corrected chi connectivity index (χ0v) is 20.5. The number of hydrogen-bond acceptors (Lipinski definition) is 5. The summed E-state index contributed by atoms with van der Waals surface area (Å²) in [6, 6.07) is 15.6. The summed E-state index contributed by atoms with van der Waals surface area (Å²) in [7, 11) is 0. The number of piperidine rings is 1.